The zero-order chi connectivity index (χ0) is 21.5. The van der Waals surface area contributed by atoms with Crippen LogP contribution in [0.3, 0.4) is 0 Å². The van der Waals surface area contributed by atoms with Gasteiger partial charge >= 0.3 is 0 Å². The van der Waals surface area contributed by atoms with E-state index >= 15 is 0 Å². The maximum atomic E-state index is 13.1. The van der Waals surface area contributed by atoms with Crippen molar-refractivity contribution < 1.29 is 4.79 Å². The summed E-state index contributed by atoms with van der Waals surface area (Å²) in [6.07, 6.45) is 11.6. The lowest BCUT2D eigenvalue weighted by molar-refractivity contribution is 0.0792. The number of imidazole rings is 1. The van der Waals surface area contributed by atoms with Crippen molar-refractivity contribution in [3.63, 3.8) is 0 Å². The van der Waals surface area contributed by atoms with Crippen molar-refractivity contribution in [1.29, 1.82) is 0 Å². The summed E-state index contributed by atoms with van der Waals surface area (Å²) in [5.41, 5.74) is 5.90. The van der Waals surface area contributed by atoms with Gasteiger partial charge in [-0.1, -0.05) is 30.3 Å². The largest absolute Gasteiger partial charge is 0.336 e. The summed E-state index contributed by atoms with van der Waals surface area (Å²) in [5, 5.41) is 0. The summed E-state index contributed by atoms with van der Waals surface area (Å²) in [4.78, 5) is 25.8. The highest BCUT2D eigenvalue weighted by Crippen LogP contribution is 2.35. The van der Waals surface area contributed by atoms with E-state index < -0.39 is 0 Å². The first-order valence-corrected chi connectivity index (χ1v) is 11.7. The lowest BCUT2D eigenvalue weighted by Gasteiger charge is -2.16. The molecule has 5 nitrogen and oxygen atoms in total. The van der Waals surface area contributed by atoms with Crippen molar-refractivity contribution in [3.05, 3.63) is 95.1 Å². The van der Waals surface area contributed by atoms with Gasteiger partial charge in [0.15, 0.2) is 0 Å². The highest BCUT2D eigenvalue weighted by Gasteiger charge is 2.28. The van der Waals surface area contributed by atoms with E-state index in [1.807, 2.05) is 41.8 Å². The highest BCUT2D eigenvalue weighted by atomic mass is 32.1. The molecule has 4 heterocycles. The number of amides is 1. The molecule has 1 fully saturated rings. The molecule has 1 saturated heterocycles. The molecule has 0 bridgehead atoms. The minimum Gasteiger partial charge on any atom is -0.336 e. The lowest BCUT2D eigenvalue weighted by atomic mass is 10.1. The van der Waals surface area contributed by atoms with Crippen LogP contribution in [0.5, 0.6) is 0 Å². The Labute approximate surface area is 190 Å². The van der Waals surface area contributed by atoms with Crippen LogP contribution in [0, 0.1) is 0 Å². The molecule has 1 aliphatic carbocycles. The van der Waals surface area contributed by atoms with Crippen LogP contribution < -0.4 is 0 Å². The number of rotatable bonds is 4. The third-order valence-corrected chi connectivity index (χ3v) is 7.46. The molecule has 6 rings (SSSR count). The number of benzene rings is 1. The van der Waals surface area contributed by atoms with Gasteiger partial charge in [0, 0.05) is 48.5 Å². The maximum absolute atomic E-state index is 13.1. The van der Waals surface area contributed by atoms with Gasteiger partial charge in [0.1, 0.15) is 0 Å². The van der Waals surface area contributed by atoms with Crippen molar-refractivity contribution in [2.45, 2.75) is 18.9 Å². The molecule has 0 radical (unpaired) electrons. The molecule has 6 heteroatoms. The zero-order valence-corrected chi connectivity index (χ0v) is 18.3. The van der Waals surface area contributed by atoms with Gasteiger partial charge in [-0.05, 0) is 47.4 Å². The Morgan fingerprint density at radius 3 is 2.84 bits per heavy atom. The average Bonchev–Trinajstić information content (AvgIpc) is 3.63. The third-order valence-electron chi connectivity index (χ3n) is 6.33. The predicted octanol–water partition coefficient (Wildman–Crippen LogP) is 5.19. The number of carbonyl (C=O) groups excluding carboxylic acids is 1. The van der Waals surface area contributed by atoms with Crippen molar-refractivity contribution in [2.75, 3.05) is 13.1 Å². The van der Waals surface area contributed by atoms with Gasteiger partial charge in [-0.2, -0.15) is 0 Å². The molecule has 2 aliphatic rings. The SMILES string of the molecule is O=C(c1ccc(-c2cnc3c(c2)C=C(c2ccccc2)C3)s1)N1CCC(n2ccnc2)C1. The normalized spacial score (nSPS) is 17.4. The number of carbonyl (C=O) groups is 1. The van der Waals surface area contributed by atoms with E-state index in [0.29, 0.717) is 6.04 Å². The monoisotopic (exact) mass is 438 g/mol. The molecule has 1 atom stereocenters. The first-order valence-electron chi connectivity index (χ1n) is 10.9. The summed E-state index contributed by atoms with van der Waals surface area (Å²) in [6, 6.07) is 17.0. The van der Waals surface area contributed by atoms with Crippen LogP contribution in [-0.4, -0.2) is 38.4 Å². The van der Waals surface area contributed by atoms with E-state index in [0.717, 1.165) is 46.9 Å². The predicted molar refractivity (Wildman–Crippen MR) is 127 cm³/mol. The highest BCUT2D eigenvalue weighted by molar-refractivity contribution is 7.17. The summed E-state index contributed by atoms with van der Waals surface area (Å²) in [5.74, 6) is 0.115. The van der Waals surface area contributed by atoms with E-state index in [9.17, 15) is 4.79 Å². The summed E-state index contributed by atoms with van der Waals surface area (Å²) < 4.78 is 2.10. The Bertz CT molecular complexity index is 1310. The lowest BCUT2D eigenvalue weighted by Crippen LogP contribution is -2.28. The number of hydrogen-bond donors (Lipinski definition) is 0. The van der Waals surface area contributed by atoms with Crippen LogP contribution in [0.2, 0.25) is 0 Å². The summed E-state index contributed by atoms with van der Waals surface area (Å²) >= 11 is 1.55. The van der Waals surface area contributed by atoms with Crippen LogP contribution in [0.4, 0.5) is 0 Å². The second-order valence-electron chi connectivity index (χ2n) is 8.34. The van der Waals surface area contributed by atoms with Crippen LogP contribution in [0.15, 0.2) is 73.4 Å². The summed E-state index contributed by atoms with van der Waals surface area (Å²) in [6.45, 7) is 1.51. The van der Waals surface area contributed by atoms with Crippen LogP contribution >= 0.6 is 11.3 Å². The Morgan fingerprint density at radius 2 is 2.00 bits per heavy atom. The molecular formula is C26H22N4OS. The number of allylic oxidation sites excluding steroid dienone is 1. The summed E-state index contributed by atoms with van der Waals surface area (Å²) in [7, 11) is 0. The molecule has 0 N–H and O–H groups in total. The van der Waals surface area contributed by atoms with Gasteiger partial charge in [-0.3, -0.25) is 9.78 Å². The van der Waals surface area contributed by atoms with Crippen molar-refractivity contribution in [3.8, 4) is 10.4 Å². The van der Waals surface area contributed by atoms with Crippen LogP contribution in [-0.2, 0) is 6.42 Å². The van der Waals surface area contributed by atoms with Gasteiger partial charge in [0.05, 0.1) is 22.9 Å². The smallest absolute Gasteiger partial charge is 0.264 e. The number of hydrogen-bond acceptors (Lipinski definition) is 4. The molecule has 32 heavy (non-hydrogen) atoms. The standard InChI is InChI=1S/C26H22N4OS/c31-26(29-10-8-22(16-29)30-11-9-27-17-30)25-7-6-24(32-25)21-13-20-12-19(14-23(20)28-15-21)18-4-2-1-3-5-18/h1-7,9,11-13,15,17,22H,8,10,14,16H2. The fourth-order valence-electron chi connectivity index (χ4n) is 4.59. The van der Waals surface area contributed by atoms with Gasteiger partial charge in [0.2, 0.25) is 0 Å². The fraction of sp³-hybridized carbons (Fsp3) is 0.192. The molecule has 1 amide bonds. The maximum Gasteiger partial charge on any atom is 0.264 e. The molecular weight excluding hydrogens is 416 g/mol. The second kappa shape index (κ2) is 7.88. The number of nitrogens with zero attached hydrogens (tertiary/aromatic N) is 4. The number of fused-ring (bicyclic) bond motifs is 1. The molecule has 4 aromatic rings. The number of pyridine rings is 1. The van der Waals surface area contributed by atoms with Gasteiger partial charge in [-0.25, -0.2) is 4.98 Å². The fourth-order valence-corrected chi connectivity index (χ4v) is 5.55. The number of thiophene rings is 1. The van der Waals surface area contributed by atoms with Crippen molar-refractivity contribution in [2.24, 2.45) is 0 Å². The number of likely N-dealkylation sites (tertiary alicyclic amines) is 1. The molecule has 1 unspecified atom stereocenters. The van der Waals surface area contributed by atoms with E-state index in [1.54, 1.807) is 17.5 Å². The molecule has 1 aromatic carbocycles. The van der Waals surface area contributed by atoms with E-state index in [4.69, 9.17) is 4.98 Å². The first-order chi connectivity index (χ1) is 15.7. The Kier molecular flexibility index (Phi) is 4.72. The van der Waals surface area contributed by atoms with Crippen LogP contribution in [0.25, 0.3) is 22.1 Å². The average molecular weight is 439 g/mol. The minimum atomic E-state index is 0.115. The molecule has 3 aromatic heterocycles. The van der Waals surface area contributed by atoms with E-state index in [-0.39, 0.29) is 5.91 Å². The second-order valence-corrected chi connectivity index (χ2v) is 9.42. The van der Waals surface area contributed by atoms with E-state index in [2.05, 4.69) is 46.0 Å². The zero-order valence-electron chi connectivity index (χ0n) is 17.5. The number of aromatic nitrogens is 3. The molecule has 0 saturated carbocycles. The topological polar surface area (TPSA) is 51.0 Å². The quantitative estimate of drug-likeness (QED) is 0.441. The first kappa shape index (κ1) is 19.2. The molecule has 0 spiro atoms. The molecule has 158 valence electrons. The Balaban J connectivity index is 1.20. The van der Waals surface area contributed by atoms with Crippen LogP contribution in [0.1, 0.15) is 39.0 Å². The molecule has 1 aliphatic heterocycles. The Morgan fingerprint density at radius 1 is 1.09 bits per heavy atom. The van der Waals surface area contributed by atoms with Crippen molar-refractivity contribution in [1.82, 2.24) is 19.4 Å². The minimum absolute atomic E-state index is 0.115. The van der Waals surface area contributed by atoms with E-state index in [1.165, 1.54) is 16.7 Å². The Hall–Kier alpha value is -3.51. The van der Waals surface area contributed by atoms with Gasteiger partial charge < -0.3 is 9.47 Å². The van der Waals surface area contributed by atoms with Crippen molar-refractivity contribution >= 4 is 28.9 Å². The van der Waals surface area contributed by atoms with Gasteiger partial charge in [-0.15, -0.1) is 11.3 Å². The third kappa shape index (κ3) is 3.46. The van der Waals surface area contributed by atoms with Gasteiger partial charge in [0.25, 0.3) is 5.91 Å².